The van der Waals surface area contributed by atoms with Crippen molar-refractivity contribution in [3.05, 3.63) is 0 Å². The minimum Gasteiger partial charge on any atom is -0.444 e. The van der Waals surface area contributed by atoms with Crippen molar-refractivity contribution in [1.29, 1.82) is 0 Å². The fourth-order valence-corrected chi connectivity index (χ4v) is 2.94. The van der Waals surface area contributed by atoms with Gasteiger partial charge in [0.25, 0.3) is 0 Å². The fourth-order valence-electron chi connectivity index (χ4n) is 2.94. The molecular weight excluding hydrogens is 360 g/mol. The molecule has 9 nitrogen and oxygen atoms in total. The van der Waals surface area contributed by atoms with Gasteiger partial charge in [-0.2, -0.15) is 0 Å². The number of rotatable bonds is 6. The van der Waals surface area contributed by atoms with Gasteiger partial charge in [-0.25, -0.2) is 9.59 Å². The third-order valence-electron chi connectivity index (χ3n) is 4.34. The van der Waals surface area contributed by atoms with Gasteiger partial charge < -0.3 is 30.9 Å². The van der Waals surface area contributed by atoms with Crippen LogP contribution in [0.3, 0.4) is 0 Å². The molecule has 3 amide bonds. The van der Waals surface area contributed by atoms with Crippen molar-refractivity contribution >= 4 is 18.1 Å². The summed E-state index contributed by atoms with van der Waals surface area (Å²) in [5.74, 6) is 0.941. The van der Waals surface area contributed by atoms with Gasteiger partial charge in [0.2, 0.25) is 0 Å². The Bertz CT molecular complexity index is 538. The van der Waals surface area contributed by atoms with Crippen molar-refractivity contribution in [2.75, 3.05) is 39.8 Å². The second-order valence-electron chi connectivity index (χ2n) is 8.43. The Kier molecular flexibility index (Phi) is 9.34. The van der Waals surface area contributed by atoms with E-state index in [1.165, 1.54) is 0 Å². The molecule has 0 aliphatic carbocycles. The molecule has 0 aromatic rings. The summed E-state index contributed by atoms with van der Waals surface area (Å²) in [5.41, 5.74) is 4.83. The number of piperidine rings is 1. The molecule has 1 rings (SSSR count). The van der Waals surface area contributed by atoms with Crippen LogP contribution < -0.4 is 16.4 Å². The average molecular weight is 399 g/mol. The lowest BCUT2D eigenvalue weighted by atomic mass is 10.1. The van der Waals surface area contributed by atoms with Crippen LogP contribution in [-0.2, 0) is 4.74 Å². The lowest BCUT2D eigenvalue weighted by Gasteiger charge is -2.32. The number of nitrogens with two attached hydrogens (primary N) is 1. The number of primary amides is 1. The number of amides is 3. The van der Waals surface area contributed by atoms with Gasteiger partial charge in [-0.15, -0.1) is 0 Å². The first-order valence-electron chi connectivity index (χ1n) is 10.0. The van der Waals surface area contributed by atoms with Crippen molar-refractivity contribution < 1.29 is 14.3 Å². The van der Waals surface area contributed by atoms with E-state index in [4.69, 9.17) is 10.5 Å². The van der Waals surface area contributed by atoms with Crippen molar-refractivity contribution in [2.45, 2.75) is 59.1 Å². The molecule has 0 radical (unpaired) electrons. The van der Waals surface area contributed by atoms with Gasteiger partial charge in [0.1, 0.15) is 5.60 Å². The van der Waals surface area contributed by atoms with Crippen molar-refractivity contribution in [2.24, 2.45) is 16.6 Å². The highest BCUT2D eigenvalue weighted by Crippen LogP contribution is 2.11. The van der Waals surface area contributed by atoms with Gasteiger partial charge in [-0.3, -0.25) is 4.99 Å². The number of urea groups is 1. The summed E-state index contributed by atoms with van der Waals surface area (Å²) in [6.07, 6.45) is 1.35. The van der Waals surface area contributed by atoms with E-state index in [1.54, 1.807) is 16.8 Å². The summed E-state index contributed by atoms with van der Waals surface area (Å²) in [6, 6.07) is -0.102. The van der Waals surface area contributed by atoms with Gasteiger partial charge in [0.15, 0.2) is 5.96 Å². The number of hydrogen-bond donors (Lipinski definition) is 3. The number of hydrogen-bond acceptors (Lipinski definition) is 4. The van der Waals surface area contributed by atoms with Crippen LogP contribution in [0.25, 0.3) is 0 Å². The standard InChI is InChI=1S/C19H38N6O3/c1-7-21-17(23-15-8-10-25(11-9-15)16(20)26)22-12-14(2)13-24(6)18(27)28-19(3,4)5/h14-15H,7-13H2,1-6H3,(H2,20,26)(H2,21,22,23). The van der Waals surface area contributed by atoms with E-state index in [1.807, 2.05) is 27.7 Å². The molecular formula is C19H38N6O3. The average Bonchev–Trinajstić information content (AvgIpc) is 2.58. The third-order valence-corrected chi connectivity index (χ3v) is 4.34. The Morgan fingerprint density at radius 2 is 1.93 bits per heavy atom. The Labute approximate surface area is 169 Å². The molecule has 0 aromatic heterocycles. The van der Waals surface area contributed by atoms with Crippen LogP contribution >= 0.6 is 0 Å². The normalized spacial score (nSPS) is 17.1. The number of nitrogens with zero attached hydrogens (tertiary/aromatic N) is 3. The Morgan fingerprint density at radius 3 is 2.43 bits per heavy atom. The molecule has 1 atom stereocenters. The van der Waals surface area contributed by atoms with Gasteiger partial charge >= 0.3 is 12.1 Å². The summed E-state index contributed by atoms with van der Waals surface area (Å²) in [7, 11) is 1.74. The molecule has 0 bridgehead atoms. The maximum atomic E-state index is 12.1. The maximum Gasteiger partial charge on any atom is 0.410 e. The van der Waals surface area contributed by atoms with Crippen molar-refractivity contribution in [3.8, 4) is 0 Å². The first-order chi connectivity index (χ1) is 13.0. The van der Waals surface area contributed by atoms with Crippen LogP contribution in [0.2, 0.25) is 0 Å². The van der Waals surface area contributed by atoms with Crippen LogP contribution in [0.1, 0.15) is 47.5 Å². The minimum atomic E-state index is -0.501. The lowest BCUT2D eigenvalue weighted by Crippen LogP contribution is -2.50. The Balaban J connectivity index is 2.50. The molecule has 0 spiro atoms. The van der Waals surface area contributed by atoms with Crippen molar-refractivity contribution in [3.63, 3.8) is 0 Å². The topological polar surface area (TPSA) is 112 Å². The summed E-state index contributed by atoms with van der Waals surface area (Å²) in [4.78, 5) is 31.2. The monoisotopic (exact) mass is 398 g/mol. The molecule has 1 saturated heterocycles. The maximum absolute atomic E-state index is 12.1. The zero-order chi connectivity index (χ0) is 21.3. The highest BCUT2D eigenvalue weighted by Gasteiger charge is 2.23. The first-order valence-corrected chi connectivity index (χ1v) is 10.0. The number of likely N-dealkylation sites (tertiary alicyclic amines) is 1. The number of nitrogens with one attached hydrogen (secondary N) is 2. The molecule has 1 aliphatic heterocycles. The molecule has 1 heterocycles. The van der Waals surface area contributed by atoms with E-state index >= 15 is 0 Å². The molecule has 0 aromatic carbocycles. The quantitative estimate of drug-likeness (QED) is 0.465. The third kappa shape index (κ3) is 9.14. The van der Waals surface area contributed by atoms with Crippen LogP contribution in [0.5, 0.6) is 0 Å². The highest BCUT2D eigenvalue weighted by atomic mass is 16.6. The number of ether oxygens (including phenoxy) is 1. The molecule has 4 N–H and O–H groups in total. The van der Waals surface area contributed by atoms with Gasteiger partial charge in [0.05, 0.1) is 0 Å². The predicted octanol–water partition coefficient (Wildman–Crippen LogP) is 1.59. The number of guanidine groups is 1. The van der Waals surface area contributed by atoms with E-state index in [9.17, 15) is 9.59 Å². The van der Waals surface area contributed by atoms with Crippen LogP contribution in [0, 0.1) is 5.92 Å². The largest absolute Gasteiger partial charge is 0.444 e. The highest BCUT2D eigenvalue weighted by molar-refractivity contribution is 5.80. The summed E-state index contributed by atoms with van der Waals surface area (Å²) in [5, 5.41) is 6.69. The van der Waals surface area contributed by atoms with E-state index in [-0.39, 0.29) is 24.1 Å². The van der Waals surface area contributed by atoms with E-state index < -0.39 is 5.60 Å². The molecule has 1 aliphatic rings. The van der Waals surface area contributed by atoms with E-state index in [0.717, 1.165) is 25.3 Å². The SMILES string of the molecule is CCNC(=NCC(C)CN(C)C(=O)OC(C)(C)C)NC1CCN(C(N)=O)CC1. The van der Waals surface area contributed by atoms with Crippen molar-refractivity contribution in [1.82, 2.24) is 20.4 Å². The molecule has 9 heteroatoms. The second kappa shape index (κ2) is 11.0. The summed E-state index contributed by atoms with van der Waals surface area (Å²) >= 11 is 0. The number of carbonyl (C=O) groups excluding carboxylic acids is 2. The van der Waals surface area contributed by atoms with E-state index in [2.05, 4.69) is 22.5 Å². The smallest absolute Gasteiger partial charge is 0.410 e. The van der Waals surface area contributed by atoms with Gasteiger partial charge in [0, 0.05) is 45.8 Å². The van der Waals surface area contributed by atoms with Crippen LogP contribution in [-0.4, -0.2) is 79.3 Å². The molecule has 28 heavy (non-hydrogen) atoms. The van der Waals surface area contributed by atoms with Gasteiger partial charge in [-0.1, -0.05) is 6.92 Å². The van der Waals surface area contributed by atoms with E-state index in [0.29, 0.717) is 26.2 Å². The lowest BCUT2D eigenvalue weighted by molar-refractivity contribution is 0.0279. The second-order valence-corrected chi connectivity index (χ2v) is 8.43. The Morgan fingerprint density at radius 1 is 1.32 bits per heavy atom. The number of carbonyl (C=O) groups is 2. The van der Waals surface area contributed by atoms with Crippen LogP contribution in [0.15, 0.2) is 4.99 Å². The Hall–Kier alpha value is -2.19. The van der Waals surface area contributed by atoms with Crippen LogP contribution in [0.4, 0.5) is 9.59 Å². The summed E-state index contributed by atoms with van der Waals surface area (Å²) in [6.45, 7) is 12.9. The molecule has 0 saturated carbocycles. The minimum absolute atomic E-state index is 0.185. The molecule has 1 unspecified atom stereocenters. The zero-order valence-electron chi connectivity index (χ0n) is 18.2. The molecule has 162 valence electrons. The predicted molar refractivity (Wildman–Crippen MR) is 111 cm³/mol. The molecule has 1 fully saturated rings. The first kappa shape index (κ1) is 23.8. The number of aliphatic imine (C=N–C) groups is 1. The zero-order valence-corrected chi connectivity index (χ0v) is 18.2. The fraction of sp³-hybridized carbons (Fsp3) is 0.842. The van der Waals surface area contributed by atoms with Gasteiger partial charge in [-0.05, 0) is 46.5 Å². The summed E-state index contributed by atoms with van der Waals surface area (Å²) < 4.78 is 5.38.